The van der Waals surface area contributed by atoms with Gasteiger partial charge in [-0.05, 0) is 30.9 Å². The molecule has 0 spiro atoms. The number of likely N-dealkylation sites (tertiary alicyclic amines) is 1. The van der Waals surface area contributed by atoms with Gasteiger partial charge in [0, 0.05) is 33.0 Å². The first-order chi connectivity index (χ1) is 8.31. The maximum Gasteiger partial charge on any atom is 0.272 e. The number of carbonyl (C=O) groups is 1. The molecular formula is C13H18N2O2. The molecule has 1 amide bonds. The average Bonchev–Trinajstić information content (AvgIpc) is 2.40. The molecule has 1 aliphatic heterocycles. The van der Waals surface area contributed by atoms with Crippen molar-refractivity contribution in [2.45, 2.75) is 12.8 Å². The minimum absolute atomic E-state index is 0.0430. The summed E-state index contributed by atoms with van der Waals surface area (Å²) in [5.41, 5.74) is 0.540. The third-order valence-corrected chi connectivity index (χ3v) is 3.19. The van der Waals surface area contributed by atoms with E-state index in [1.54, 1.807) is 19.4 Å². The Kier molecular flexibility index (Phi) is 4.09. The number of piperidine rings is 1. The fraction of sp³-hybridized carbons (Fsp3) is 0.538. The summed E-state index contributed by atoms with van der Waals surface area (Å²) < 4.78 is 5.15. The van der Waals surface area contributed by atoms with Crippen molar-refractivity contribution >= 4 is 5.91 Å². The van der Waals surface area contributed by atoms with Crippen LogP contribution in [-0.2, 0) is 4.74 Å². The Bertz CT molecular complexity index is 359. The molecule has 0 saturated carbocycles. The van der Waals surface area contributed by atoms with Gasteiger partial charge in [0.15, 0.2) is 0 Å². The van der Waals surface area contributed by atoms with Crippen molar-refractivity contribution in [1.29, 1.82) is 0 Å². The topological polar surface area (TPSA) is 42.4 Å². The van der Waals surface area contributed by atoms with E-state index in [0.717, 1.165) is 32.5 Å². The van der Waals surface area contributed by atoms with Crippen molar-refractivity contribution in [3.63, 3.8) is 0 Å². The van der Waals surface area contributed by atoms with Gasteiger partial charge in [0.05, 0.1) is 0 Å². The van der Waals surface area contributed by atoms with E-state index in [1.807, 2.05) is 17.0 Å². The molecule has 1 aromatic rings. The lowest BCUT2D eigenvalue weighted by atomic mass is 9.97. The van der Waals surface area contributed by atoms with E-state index in [-0.39, 0.29) is 5.91 Å². The van der Waals surface area contributed by atoms with Crippen molar-refractivity contribution in [3.8, 4) is 0 Å². The summed E-state index contributed by atoms with van der Waals surface area (Å²) in [7, 11) is 1.73. The summed E-state index contributed by atoms with van der Waals surface area (Å²) in [5, 5.41) is 0. The van der Waals surface area contributed by atoms with E-state index in [0.29, 0.717) is 11.6 Å². The molecule has 0 aliphatic carbocycles. The number of methoxy groups -OCH3 is 1. The highest BCUT2D eigenvalue weighted by atomic mass is 16.5. The molecule has 2 heterocycles. The number of carbonyl (C=O) groups excluding carboxylic acids is 1. The maximum atomic E-state index is 12.1. The second kappa shape index (κ2) is 5.77. The van der Waals surface area contributed by atoms with Crippen LogP contribution >= 0.6 is 0 Å². The van der Waals surface area contributed by atoms with Crippen molar-refractivity contribution in [2.75, 3.05) is 26.8 Å². The molecule has 1 fully saturated rings. The SMILES string of the molecule is COCC1CCN(C(=O)c2ccccn2)CC1. The first-order valence-corrected chi connectivity index (χ1v) is 6.00. The lowest BCUT2D eigenvalue weighted by molar-refractivity contribution is 0.0608. The zero-order valence-electron chi connectivity index (χ0n) is 10.1. The Morgan fingerprint density at radius 2 is 2.24 bits per heavy atom. The van der Waals surface area contributed by atoms with Crippen LogP contribution in [0.1, 0.15) is 23.3 Å². The number of rotatable bonds is 3. The van der Waals surface area contributed by atoms with Crippen LogP contribution in [0.4, 0.5) is 0 Å². The van der Waals surface area contributed by atoms with Crippen LogP contribution in [-0.4, -0.2) is 42.6 Å². The average molecular weight is 234 g/mol. The summed E-state index contributed by atoms with van der Waals surface area (Å²) in [6.07, 6.45) is 3.70. The molecule has 1 saturated heterocycles. The number of amides is 1. The fourth-order valence-electron chi connectivity index (χ4n) is 2.19. The van der Waals surface area contributed by atoms with E-state index in [1.165, 1.54) is 0 Å². The smallest absolute Gasteiger partial charge is 0.272 e. The second-order valence-electron chi connectivity index (χ2n) is 4.41. The van der Waals surface area contributed by atoms with Crippen molar-refractivity contribution in [3.05, 3.63) is 30.1 Å². The van der Waals surface area contributed by atoms with Crippen LogP contribution in [0.25, 0.3) is 0 Å². The molecule has 17 heavy (non-hydrogen) atoms. The molecule has 4 nitrogen and oxygen atoms in total. The third-order valence-electron chi connectivity index (χ3n) is 3.19. The Balaban J connectivity index is 1.91. The monoisotopic (exact) mass is 234 g/mol. The number of aromatic nitrogens is 1. The van der Waals surface area contributed by atoms with E-state index in [2.05, 4.69) is 4.98 Å². The molecule has 92 valence electrons. The molecule has 0 atom stereocenters. The molecule has 1 aromatic heterocycles. The Morgan fingerprint density at radius 1 is 1.47 bits per heavy atom. The normalized spacial score (nSPS) is 17.1. The van der Waals surface area contributed by atoms with Gasteiger partial charge in [0.25, 0.3) is 5.91 Å². The Hall–Kier alpha value is -1.42. The summed E-state index contributed by atoms with van der Waals surface area (Å²) in [4.78, 5) is 18.1. The van der Waals surface area contributed by atoms with Crippen LogP contribution < -0.4 is 0 Å². The highest BCUT2D eigenvalue weighted by molar-refractivity contribution is 5.92. The van der Waals surface area contributed by atoms with Crippen molar-refractivity contribution in [1.82, 2.24) is 9.88 Å². The third kappa shape index (κ3) is 3.03. The van der Waals surface area contributed by atoms with Crippen LogP contribution in [0.3, 0.4) is 0 Å². The lowest BCUT2D eigenvalue weighted by Crippen LogP contribution is -2.39. The highest BCUT2D eigenvalue weighted by Crippen LogP contribution is 2.18. The predicted molar refractivity (Wildman–Crippen MR) is 64.7 cm³/mol. The van der Waals surface area contributed by atoms with Gasteiger partial charge in [-0.2, -0.15) is 0 Å². The molecule has 4 heteroatoms. The van der Waals surface area contributed by atoms with Crippen molar-refractivity contribution < 1.29 is 9.53 Å². The minimum atomic E-state index is 0.0430. The van der Waals surface area contributed by atoms with Gasteiger partial charge in [-0.25, -0.2) is 0 Å². The van der Waals surface area contributed by atoms with Crippen molar-refractivity contribution in [2.24, 2.45) is 5.92 Å². The molecule has 0 N–H and O–H groups in total. The Labute approximate surface area is 102 Å². The number of hydrogen-bond acceptors (Lipinski definition) is 3. The minimum Gasteiger partial charge on any atom is -0.384 e. The summed E-state index contributed by atoms with van der Waals surface area (Å²) >= 11 is 0. The quantitative estimate of drug-likeness (QED) is 0.797. The standard InChI is InChI=1S/C13H18N2O2/c1-17-10-11-5-8-15(9-6-11)13(16)12-4-2-3-7-14-12/h2-4,7,11H,5-6,8-10H2,1H3. The second-order valence-corrected chi connectivity index (χ2v) is 4.41. The van der Waals surface area contributed by atoms with Crippen LogP contribution in [0, 0.1) is 5.92 Å². The predicted octanol–water partition coefficient (Wildman–Crippen LogP) is 1.58. The van der Waals surface area contributed by atoms with Gasteiger partial charge in [-0.1, -0.05) is 6.07 Å². The number of ether oxygens (including phenoxy) is 1. The molecule has 0 aromatic carbocycles. The van der Waals surface area contributed by atoms with Crippen LogP contribution in [0.5, 0.6) is 0 Å². The van der Waals surface area contributed by atoms with Gasteiger partial charge in [0.2, 0.25) is 0 Å². The van der Waals surface area contributed by atoms with Gasteiger partial charge in [-0.15, -0.1) is 0 Å². The zero-order chi connectivity index (χ0) is 12.1. The summed E-state index contributed by atoms with van der Waals surface area (Å²) in [6.45, 7) is 2.42. The molecular weight excluding hydrogens is 216 g/mol. The summed E-state index contributed by atoms with van der Waals surface area (Å²) in [5.74, 6) is 0.634. The van der Waals surface area contributed by atoms with Crippen LogP contribution in [0.2, 0.25) is 0 Å². The van der Waals surface area contributed by atoms with Gasteiger partial charge >= 0.3 is 0 Å². The lowest BCUT2D eigenvalue weighted by Gasteiger charge is -2.31. The van der Waals surface area contributed by atoms with E-state index >= 15 is 0 Å². The van der Waals surface area contributed by atoms with Gasteiger partial charge in [-0.3, -0.25) is 9.78 Å². The van der Waals surface area contributed by atoms with E-state index < -0.39 is 0 Å². The van der Waals surface area contributed by atoms with Gasteiger partial charge in [0.1, 0.15) is 5.69 Å². The van der Waals surface area contributed by atoms with E-state index in [4.69, 9.17) is 4.74 Å². The molecule has 0 bridgehead atoms. The fourth-order valence-corrected chi connectivity index (χ4v) is 2.19. The Morgan fingerprint density at radius 3 is 2.82 bits per heavy atom. The highest BCUT2D eigenvalue weighted by Gasteiger charge is 2.23. The molecule has 1 aliphatic rings. The zero-order valence-corrected chi connectivity index (χ0v) is 10.1. The largest absolute Gasteiger partial charge is 0.384 e. The van der Waals surface area contributed by atoms with Gasteiger partial charge < -0.3 is 9.64 Å². The molecule has 2 rings (SSSR count). The first-order valence-electron chi connectivity index (χ1n) is 6.00. The first kappa shape index (κ1) is 12.0. The molecule has 0 radical (unpaired) electrons. The number of pyridine rings is 1. The summed E-state index contributed by atoms with van der Waals surface area (Å²) in [6, 6.07) is 5.43. The van der Waals surface area contributed by atoms with E-state index in [9.17, 15) is 4.79 Å². The number of nitrogens with zero attached hydrogens (tertiary/aromatic N) is 2. The maximum absolute atomic E-state index is 12.1. The van der Waals surface area contributed by atoms with Crippen LogP contribution in [0.15, 0.2) is 24.4 Å². The number of hydrogen-bond donors (Lipinski definition) is 0. The molecule has 0 unspecified atom stereocenters.